The SMILES string of the molecule is CC(C)CCCNCc1cnc2cnc(Br)cn12. The van der Waals surface area contributed by atoms with E-state index in [2.05, 4.69) is 49.5 Å². The maximum Gasteiger partial charge on any atom is 0.155 e. The van der Waals surface area contributed by atoms with Gasteiger partial charge >= 0.3 is 0 Å². The van der Waals surface area contributed by atoms with E-state index in [4.69, 9.17) is 0 Å². The first-order chi connectivity index (χ1) is 8.66. The van der Waals surface area contributed by atoms with Gasteiger partial charge in [-0.2, -0.15) is 0 Å². The minimum Gasteiger partial charge on any atom is -0.311 e. The van der Waals surface area contributed by atoms with Crippen LogP contribution in [0.3, 0.4) is 0 Å². The number of halogens is 1. The lowest BCUT2D eigenvalue weighted by Gasteiger charge is -2.06. The van der Waals surface area contributed by atoms with Gasteiger partial charge in [-0.25, -0.2) is 9.97 Å². The van der Waals surface area contributed by atoms with Gasteiger partial charge in [0.1, 0.15) is 4.60 Å². The van der Waals surface area contributed by atoms with Gasteiger partial charge < -0.3 is 5.32 Å². The first-order valence-electron chi connectivity index (χ1n) is 6.35. The van der Waals surface area contributed by atoms with E-state index >= 15 is 0 Å². The number of nitrogens with one attached hydrogen (secondary N) is 1. The Morgan fingerprint density at radius 1 is 1.33 bits per heavy atom. The summed E-state index contributed by atoms with van der Waals surface area (Å²) in [6.45, 7) is 6.41. The van der Waals surface area contributed by atoms with Crippen molar-refractivity contribution in [3.63, 3.8) is 0 Å². The summed E-state index contributed by atoms with van der Waals surface area (Å²) in [6, 6.07) is 0. The molecule has 0 saturated heterocycles. The minimum atomic E-state index is 0.782. The van der Waals surface area contributed by atoms with Crippen molar-refractivity contribution in [3.8, 4) is 0 Å². The van der Waals surface area contributed by atoms with Crippen LogP contribution >= 0.6 is 15.9 Å². The minimum absolute atomic E-state index is 0.782. The Bertz CT molecular complexity index is 507. The maximum atomic E-state index is 4.33. The van der Waals surface area contributed by atoms with E-state index in [1.165, 1.54) is 12.8 Å². The van der Waals surface area contributed by atoms with E-state index in [1.54, 1.807) is 6.20 Å². The van der Waals surface area contributed by atoms with Gasteiger partial charge in [-0.05, 0) is 41.2 Å². The van der Waals surface area contributed by atoms with Gasteiger partial charge in [0.2, 0.25) is 0 Å². The Balaban J connectivity index is 1.89. The molecule has 0 radical (unpaired) electrons. The van der Waals surface area contributed by atoms with Gasteiger partial charge in [0.05, 0.1) is 18.1 Å². The van der Waals surface area contributed by atoms with Crippen LogP contribution in [0.5, 0.6) is 0 Å². The van der Waals surface area contributed by atoms with Crippen molar-refractivity contribution < 1.29 is 0 Å². The molecule has 2 rings (SSSR count). The van der Waals surface area contributed by atoms with Crippen LogP contribution in [0.2, 0.25) is 0 Å². The van der Waals surface area contributed by atoms with E-state index in [1.807, 2.05) is 12.4 Å². The number of aromatic nitrogens is 3. The Kier molecular flexibility index (Phi) is 4.72. The molecule has 0 aliphatic carbocycles. The Labute approximate surface area is 116 Å². The lowest BCUT2D eigenvalue weighted by molar-refractivity contribution is 0.525. The zero-order chi connectivity index (χ0) is 13.0. The van der Waals surface area contributed by atoms with E-state index in [0.29, 0.717) is 0 Å². The molecule has 0 atom stereocenters. The van der Waals surface area contributed by atoms with Gasteiger partial charge in [0, 0.05) is 12.7 Å². The highest BCUT2D eigenvalue weighted by molar-refractivity contribution is 9.10. The molecule has 0 bridgehead atoms. The summed E-state index contributed by atoms with van der Waals surface area (Å²) in [5.41, 5.74) is 2.05. The molecule has 2 aromatic heterocycles. The molecular formula is C13H19BrN4. The maximum absolute atomic E-state index is 4.33. The second-order valence-corrected chi connectivity index (χ2v) is 5.71. The molecule has 0 unspecified atom stereocenters. The second kappa shape index (κ2) is 6.29. The second-order valence-electron chi connectivity index (χ2n) is 4.90. The van der Waals surface area contributed by atoms with E-state index in [9.17, 15) is 0 Å². The highest BCUT2D eigenvalue weighted by Crippen LogP contribution is 2.10. The van der Waals surface area contributed by atoms with Crippen LogP contribution in [0.15, 0.2) is 23.2 Å². The van der Waals surface area contributed by atoms with Crippen LogP contribution in [0.25, 0.3) is 5.65 Å². The quantitative estimate of drug-likeness (QED) is 0.834. The van der Waals surface area contributed by atoms with Crippen LogP contribution in [0, 0.1) is 5.92 Å². The third-order valence-electron chi connectivity index (χ3n) is 2.88. The summed E-state index contributed by atoms with van der Waals surface area (Å²) >= 11 is 3.38. The predicted molar refractivity (Wildman–Crippen MR) is 76.5 cm³/mol. The molecule has 0 fully saturated rings. The number of imidazole rings is 1. The molecule has 0 amide bonds. The van der Waals surface area contributed by atoms with Crippen molar-refractivity contribution in [1.29, 1.82) is 0 Å². The molecule has 0 spiro atoms. The molecule has 98 valence electrons. The molecule has 1 N–H and O–H groups in total. The van der Waals surface area contributed by atoms with Gasteiger partial charge in [0.25, 0.3) is 0 Å². The molecule has 0 aliphatic heterocycles. The van der Waals surface area contributed by atoms with Crippen LogP contribution in [0.4, 0.5) is 0 Å². The molecule has 0 saturated carbocycles. The lowest BCUT2D eigenvalue weighted by atomic mass is 10.1. The van der Waals surface area contributed by atoms with Crippen LogP contribution in [-0.4, -0.2) is 20.9 Å². The van der Waals surface area contributed by atoms with Crippen molar-refractivity contribution in [2.75, 3.05) is 6.54 Å². The Morgan fingerprint density at radius 2 is 2.17 bits per heavy atom. The molecule has 5 heteroatoms. The number of nitrogens with zero attached hydrogens (tertiary/aromatic N) is 3. The van der Waals surface area contributed by atoms with Gasteiger partial charge in [-0.3, -0.25) is 4.40 Å². The van der Waals surface area contributed by atoms with E-state index in [0.717, 1.165) is 35.0 Å². The van der Waals surface area contributed by atoms with Crippen molar-refractivity contribution in [2.24, 2.45) is 5.92 Å². The standard InChI is InChI=1S/C13H19BrN4/c1-10(2)4-3-5-15-6-11-7-17-13-8-16-12(14)9-18(11)13/h7-10,15H,3-6H2,1-2H3. The molecule has 2 aromatic rings. The van der Waals surface area contributed by atoms with Crippen molar-refractivity contribution >= 4 is 21.6 Å². The van der Waals surface area contributed by atoms with Crippen LogP contribution < -0.4 is 5.32 Å². The lowest BCUT2D eigenvalue weighted by Crippen LogP contribution is -2.16. The average Bonchev–Trinajstić information content (AvgIpc) is 2.71. The highest BCUT2D eigenvalue weighted by Gasteiger charge is 2.03. The van der Waals surface area contributed by atoms with E-state index < -0.39 is 0 Å². The summed E-state index contributed by atoms with van der Waals surface area (Å²) < 4.78 is 2.89. The van der Waals surface area contributed by atoms with E-state index in [-0.39, 0.29) is 0 Å². The summed E-state index contributed by atoms with van der Waals surface area (Å²) in [6.07, 6.45) is 8.12. The van der Waals surface area contributed by atoms with Crippen molar-refractivity contribution in [2.45, 2.75) is 33.2 Å². The molecular weight excluding hydrogens is 292 g/mol. The van der Waals surface area contributed by atoms with Crippen LogP contribution in [0.1, 0.15) is 32.4 Å². The fourth-order valence-corrected chi connectivity index (χ4v) is 2.21. The van der Waals surface area contributed by atoms with Gasteiger partial charge in [-0.1, -0.05) is 13.8 Å². The number of hydrogen-bond donors (Lipinski definition) is 1. The van der Waals surface area contributed by atoms with Crippen molar-refractivity contribution in [1.82, 2.24) is 19.7 Å². The third-order valence-corrected chi connectivity index (χ3v) is 3.29. The topological polar surface area (TPSA) is 42.2 Å². The molecule has 4 nitrogen and oxygen atoms in total. The summed E-state index contributed by atoms with van der Waals surface area (Å²) in [4.78, 5) is 8.49. The zero-order valence-corrected chi connectivity index (χ0v) is 12.4. The Morgan fingerprint density at radius 3 is 2.94 bits per heavy atom. The predicted octanol–water partition coefficient (Wildman–Crippen LogP) is 3.02. The molecule has 2 heterocycles. The van der Waals surface area contributed by atoms with Crippen molar-refractivity contribution in [3.05, 3.63) is 28.9 Å². The molecule has 0 aliphatic rings. The zero-order valence-electron chi connectivity index (χ0n) is 10.9. The summed E-state index contributed by atoms with van der Waals surface area (Å²) in [7, 11) is 0. The average molecular weight is 311 g/mol. The number of rotatable bonds is 6. The largest absolute Gasteiger partial charge is 0.311 e. The smallest absolute Gasteiger partial charge is 0.155 e. The number of fused-ring (bicyclic) bond motifs is 1. The van der Waals surface area contributed by atoms with Crippen LogP contribution in [-0.2, 0) is 6.54 Å². The monoisotopic (exact) mass is 310 g/mol. The first-order valence-corrected chi connectivity index (χ1v) is 7.14. The summed E-state index contributed by atoms with van der Waals surface area (Å²) in [5.74, 6) is 0.782. The molecule has 0 aromatic carbocycles. The molecule has 18 heavy (non-hydrogen) atoms. The normalized spacial score (nSPS) is 11.6. The fourth-order valence-electron chi connectivity index (χ4n) is 1.90. The Hall–Kier alpha value is -0.940. The highest BCUT2D eigenvalue weighted by atomic mass is 79.9. The van der Waals surface area contributed by atoms with Gasteiger partial charge in [-0.15, -0.1) is 0 Å². The van der Waals surface area contributed by atoms with Gasteiger partial charge in [0.15, 0.2) is 5.65 Å². The number of hydrogen-bond acceptors (Lipinski definition) is 3. The summed E-state index contributed by atoms with van der Waals surface area (Å²) in [5, 5.41) is 3.46. The fraction of sp³-hybridized carbons (Fsp3) is 0.538. The first kappa shape index (κ1) is 13.5. The third kappa shape index (κ3) is 3.53.